The minimum Gasteiger partial charge on any atom is -0.457 e. The molecule has 1 fully saturated rings. The number of carbonyl (C=O) groups is 1. The number of esters is 1. The van der Waals surface area contributed by atoms with Crippen molar-refractivity contribution < 1.29 is 27.8 Å². The SMILES string of the molecule is CC1(C)[C@H](C(=O)O[C@H](C#N)c2cccc(Oc3ccccc3)c2)[C@@H]1C=C(Br)Br.CCOP(=S)(OCC)Oc1cc(C)nc(C(C)C)n1. The van der Waals surface area contributed by atoms with Crippen LogP contribution in [-0.4, -0.2) is 29.2 Å². The molecule has 9 nitrogen and oxygen atoms in total. The third-order valence-electron chi connectivity index (χ3n) is 7.11. The van der Waals surface area contributed by atoms with E-state index in [0.717, 1.165) is 14.9 Å². The number of aromatic nitrogens is 2. The van der Waals surface area contributed by atoms with Crippen LogP contribution in [-0.2, 0) is 30.4 Å². The van der Waals surface area contributed by atoms with E-state index in [4.69, 9.17) is 34.9 Å². The Balaban J connectivity index is 0.000000277. The molecule has 0 unspecified atom stereocenters. The standard InChI is InChI=1S/C22H19Br2NO3.C12H21N2O3PS/c1-22(2)17(12-19(23)24)20(22)21(26)28-18(13-25)14-7-6-10-16(11-14)27-15-8-4-3-5-9-15;1-6-15-18(19,16-7-2)17-11-8-10(5)13-12(14-11)9(3)4/h3-12,17-18,20H,1-2H3;8-9H,6-7H2,1-5H3/t17-,18+,20-;/m0./s1. The minimum absolute atomic E-state index is 0.0563. The van der Waals surface area contributed by atoms with Gasteiger partial charge in [0, 0.05) is 35.0 Å². The van der Waals surface area contributed by atoms with Crippen LogP contribution < -0.4 is 9.26 Å². The number of halogens is 2. The molecule has 1 heterocycles. The maximum atomic E-state index is 12.7. The van der Waals surface area contributed by atoms with Gasteiger partial charge in [-0.15, -0.1) is 0 Å². The fourth-order valence-electron chi connectivity index (χ4n) is 4.69. The van der Waals surface area contributed by atoms with Crippen LogP contribution in [0.2, 0.25) is 0 Å². The number of carbonyl (C=O) groups excluding carboxylic acids is 1. The second-order valence-corrected chi connectivity index (χ2v) is 17.2. The summed E-state index contributed by atoms with van der Waals surface area (Å²) in [4.78, 5) is 21.4. The molecule has 0 aliphatic heterocycles. The van der Waals surface area contributed by atoms with E-state index in [9.17, 15) is 10.1 Å². The van der Waals surface area contributed by atoms with E-state index >= 15 is 0 Å². The molecule has 13 heteroatoms. The van der Waals surface area contributed by atoms with Crippen molar-refractivity contribution in [3.05, 3.63) is 87.2 Å². The van der Waals surface area contributed by atoms with Gasteiger partial charge in [0.05, 0.1) is 22.5 Å². The molecule has 0 saturated heterocycles. The molecular weight excluding hydrogens is 769 g/mol. The third kappa shape index (κ3) is 11.5. The van der Waals surface area contributed by atoms with Crippen molar-refractivity contribution in [3.8, 4) is 23.4 Å². The Bertz CT molecular complexity index is 1620. The number of allylic oxidation sites excluding steroid dienone is 1. The van der Waals surface area contributed by atoms with Crippen molar-refractivity contribution in [2.24, 2.45) is 17.3 Å². The van der Waals surface area contributed by atoms with Crippen molar-refractivity contribution in [3.63, 3.8) is 0 Å². The van der Waals surface area contributed by atoms with Crippen molar-refractivity contribution in [1.29, 1.82) is 5.26 Å². The summed E-state index contributed by atoms with van der Waals surface area (Å²) in [5.41, 5.74) is 1.21. The Morgan fingerprint density at radius 2 is 1.68 bits per heavy atom. The lowest BCUT2D eigenvalue weighted by atomic mass is 10.1. The Labute approximate surface area is 299 Å². The first-order chi connectivity index (χ1) is 22.2. The van der Waals surface area contributed by atoms with Crippen molar-refractivity contribution in [2.45, 2.75) is 60.5 Å². The Hall–Kier alpha value is -2.65. The predicted octanol–water partition coefficient (Wildman–Crippen LogP) is 10.1. The van der Waals surface area contributed by atoms with E-state index in [1.54, 1.807) is 30.3 Å². The van der Waals surface area contributed by atoms with Gasteiger partial charge in [-0.3, -0.25) is 13.8 Å². The molecule has 4 rings (SSSR count). The molecular formula is C34H40Br2N3O6PS. The first-order valence-corrected chi connectivity index (χ1v) is 19.3. The van der Waals surface area contributed by atoms with E-state index in [0.29, 0.717) is 36.2 Å². The fraction of sp³-hybridized carbons (Fsp3) is 0.412. The maximum absolute atomic E-state index is 12.7. The molecule has 0 amide bonds. The van der Waals surface area contributed by atoms with Crippen LogP contribution in [0.15, 0.2) is 70.1 Å². The molecule has 3 aromatic rings. The molecule has 0 bridgehead atoms. The summed E-state index contributed by atoms with van der Waals surface area (Å²) < 4.78 is 28.7. The number of nitrogens with zero attached hydrogens (tertiary/aromatic N) is 3. The molecule has 1 saturated carbocycles. The topological polar surface area (TPSA) is 113 Å². The van der Waals surface area contributed by atoms with Crippen LogP contribution in [0.25, 0.3) is 0 Å². The Morgan fingerprint density at radius 3 is 2.26 bits per heavy atom. The number of hydrogen-bond acceptors (Lipinski definition) is 10. The Kier molecular flexibility index (Phi) is 14.6. The first kappa shape index (κ1) is 38.8. The van der Waals surface area contributed by atoms with E-state index < -0.39 is 12.8 Å². The molecule has 1 aliphatic carbocycles. The number of benzene rings is 2. The second kappa shape index (κ2) is 17.7. The number of para-hydroxylation sites is 1. The lowest BCUT2D eigenvalue weighted by Gasteiger charge is -2.20. The molecule has 0 spiro atoms. The minimum atomic E-state index is -2.77. The summed E-state index contributed by atoms with van der Waals surface area (Å²) in [6.45, 7) is 11.8. The summed E-state index contributed by atoms with van der Waals surface area (Å²) in [5, 5.41) is 9.56. The third-order valence-corrected chi connectivity index (χ3v) is 10.0. The highest BCUT2D eigenvalue weighted by Gasteiger charge is 2.61. The van der Waals surface area contributed by atoms with Gasteiger partial charge in [0.2, 0.25) is 12.0 Å². The predicted molar refractivity (Wildman–Crippen MR) is 193 cm³/mol. The number of nitriles is 1. The van der Waals surface area contributed by atoms with Crippen LogP contribution in [0, 0.1) is 35.5 Å². The molecule has 0 N–H and O–H groups in total. The number of ether oxygens (including phenoxy) is 2. The van der Waals surface area contributed by atoms with Crippen LogP contribution in [0.1, 0.15) is 70.6 Å². The van der Waals surface area contributed by atoms with Gasteiger partial charge in [0.25, 0.3) is 0 Å². The van der Waals surface area contributed by atoms with Crippen LogP contribution >= 0.6 is 38.6 Å². The van der Waals surface area contributed by atoms with Crippen molar-refractivity contribution in [1.82, 2.24) is 9.97 Å². The molecule has 0 radical (unpaired) electrons. The summed E-state index contributed by atoms with van der Waals surface area (Å²) in [5.74, 6) is 2.05. The van der Waals surface area contributed by atoms with Crippen LogP contribution in [0.4, 0.5) is 0 Å². The van der Waals surface area contributed by atoms with Crippen LogP contribution in [0.3, 0.4) is 0 Å². The van der Waals surface area contributed by atoms with Gasteiger partial charge in [-0.25, -0.2) is 4.98 Å². The zero-order valence-corrected chi connectivity index (χ0v) is 32.4. The van der Waals surface area contributed by atoms with Gasteiger partial charge in [-0.05, 0) is 88.2 Å². The smallest absolute Gasteiger partial charge is 0.381 e. The molecule has 2 aromatic carbocycles. The number of aryl methyl sites for hydroxylation is 1. The Morgan fingerprint density at radius 1 is 1.04 bits per heavy atom. The zero-order chi connectivity index (χ0) is 34.8. The van der Waals surface area contributed by atoms with Crippen molar-refractivity contribution in [2.75, 3.05) is 13.2 Å². The normalized spacial score (nSPS) is 17.0. The molecule has 1 aliphatic rings. The highest BCUT2D eigenvalue weighted by atomic mass is 79.9. The second-order valence-electron chi connectivity index (χ2n) is 11.4. The molecule has 3 atom stereocenters. The lowest BCUT2D eigenvalue weighted by Crippen LogP contribution is -2.14. The summed E-state index contributed by atoms with van der Waals surface area (Å²) >= 11 is 12.0. The van der Waals surface area contributed by atoms with E-state index in [1.165, 1.54) is 0 Å². The van der Waals surface area contributed by atoms with Crippen LogP contribution in [0.5, 0.6) is 17.4 Å². The quantitative estimate of drug-likeness (QED) is 0.122. The molecule has 47 heavy (non-hydrogen) atoms. The highest BCUT2D eigenvalue weighted by molar-refractivity contribution is 9.28. The van der Waals surface area contributed by atoms with Gasteiger partial charge >= 0.3 is 12.7 Å². The van der Waals surface area contributed by atoms with Gasteiger partial charge in [0.15, 0.2) is 0 Å². The fourth-order valence-corrected chi connectivity index (χ4v) is 7.25. The summed E-state index contributed by atoms with van der Waals surface area (Å²) in [7, 11) is 0. The van der Waals surface area contributed by atoms with E-state index in [2.05, 4.69) is 47.9 Å². The average molecular weight is 810 g/mol. The van der Waals surface area contributed by atoms with Gasteiger partial charge < -0.3 is 14.0 Å². The largest absolute Gasteiger partial charge is 0.457 e. The van der Waals surface area contributed by atoms with Gasteiger partial charge in [0.1, 0.15) is 23.4 Å². The van der Waals surface area contributed by atoms with Crippen molar-refractivity contribution >= 4 is 56.4 Å². The zero-order valence-electron chi connectivity index (χ0n) is 27.5. The summed E-state index contributed by atoms with van der Waals surface area (Å²) in [6, 6.07) is 20.2. The first-order valence-electron chi connectivity index (χ1n) is 15.1. The number of rotatable bonds is 13. The maximum Gasteiger partial charge on any atom is 0.381 e. The lowest BCUT2D eigenvalue weighted by molar-refractivity contribution is -0.149. The number of hydrogen-bond donors (Lipinski definition) is 0. The molecule has 252 valence electrons. The highest BCUT2D eigenvalue weighted by Crippen LogP contribution is 2.60. The summed E-state index contributed by atoms with van der Waals surface area (Å²) in [6.07, 6.45) is 0.960. The monoisotopic (exact) mass is 807 g/mol. The van der Waals surface area contributed by atoms with Gasteiger partial charge in [-0.1, -0.05) is 64.1 Å². The van der Waals surface area contributed by atoms with E-state index in [-0.39, 0.29) is 29.1 Å². The average Bonchev–Trinajstić information content (AvgIpc) is 3.54. The van der Waals surface area contributed by atoms with Gasteiger partial charge in [-0.2, -0.15) is 10.2 Å². The van der Waals surface area contributed by atoms with E-state index in [1.807, 2.05) is 84.9 Å². The molecule has 1 aromatic heterocycles.